The van der Waals surface area contributed by atoms with Gasteiger partial charge in [0.15, 0.2) is 0 Å². The Labute approximate surface area is 102 Å². The zero-order chi connectivity index (χ0) is 11.4. The van der Waals surface area contributed by atoms with Crippen molar-refractivity contribution < 1.29 is 0 Å². The van der Waals surface area contributed by atoms with E-state index < -0.39 is 0 Å². The van der Waals surface area contributed by atoms with Crippen LogP contribution in [-0.4, -0.2) is 23.0 Å². The molecule has 2 heterocycles. The molecule has 0 saturated carbocycles. The lowest BCUT2D eigenvalue weighted by atomic mass is 10.0. The van der Waals surface area contributed by atoms with E-state index in [1.54, 1.807) is 0 Å². The number of hydrogen-bond acceptors (Lipinski definition) is 1. The van der Waals surface area contributed by atoms with Crippen LogP contribution in [0.3, 0.4) is 0 Å². The molecule has 2 fully saturated rings. The zero-order valence-electron chi connectivity index (χ0n) is 11.3. The Bertz CT molecular complexity index is 182. The molecule has 0 unspecified atom stereocenters. The molecule has 0 aromatic rings. The fourth-order valence-corrected chi connectivity index (χ4v) is 3.87. The van der Waals surface area contributed by atoms with Crippen LogP contribution < -0.4 is 0 Å². The molecule has 0 aromatic carbocycles. The van der Waals surface area contributed by atoms with Gasteiger partial charge in [-0.2, -0.15) is 0 Å². The average Bonchev–Trinajstić information content (AvgIpc) is 2.86. The molecule has 0 N–H and O–H groups in total. The van der Waals surface area contributed by atoms with Gasteiger partial charge in [-0.15, -0.1) is 0 Å². The fourth-order valence-electron chi connectivity index (χ4n) is 3.87. The van der Waals surface area contributed by atoms with Crippen molar-refractivity contribution >= 4 is 0 Å². The van der Waals surface area contributed by atoms with Gasteiger partial charge in [-0.1, -0.05) is 39.5 Å². The molecule has 0 amide bonds. The third-order valence-corrected chi connectivity index (χ3v) is 4.71. The van der Waals surface area contributed by atoms with E-state index in [0.29, 0.717) is 0 Å². The topological polar surface area (TPSA) is 3.24 Å². The number of hydrogen-bond donors (Lipinski definition) is 0. The summed E-state index contributed by atoms with van der Waals surface area (Å²) in [7, 11) is 0. The Morgan fingerprint density at radius 3 is 1.75 bits per heavy atom. The largest absolute Gasteiger partial charge is 0.294 e. The Kier molecular flexibility index (Phi) is 4.69. The van der Waals surface area contributed by atoms with E-state index >= 15 is 0 Å². The predicted octanol–water partition coefficient (Wildman–Crippen LogP) is 4.36. The van der Waals surface area contributed by atoms with E-state index in [9.17, 15) is 0 Å². The van der Waals surface area contributed by atoms with E-state index in [1.165, 1.54) is 64.2 Å². The van der Waals surface area contributed by atoms with Crippen LogP contribution in [0.1, 0.15) is 78.1 Å². The Balaban J connectivity index is 1.86. The standard InChI is InChI=1S/C15H29N/c1-3-5-7-13-9-11-15-12-10-14(16(13)15)8-6-4-2/h13-15H,3-12H2,1-2H3/t13-,14-/m0/s1. The van der Waals surface area contributed by atoms with Crippen LogP contribution in [0.15, 0.2) is 0 Å². The van der Waals surface area contributed by atoms with Gasteiger partial charge in [0.25, 0.3) is 0 Å². The summed E-state index contributed by atoms with van der Waals surface area (Å²) in [5.74, 6) is 0. The summed E-state index contributed by atoms with van der Waals surface area (Å²) in [5.41, 5.74) is 0. The van der Waals surface area contributed by atoms with Gasteiger partial charge in [0.1, 0.15) is 0 Å². The SMILES string of the molecule is CCCC[C@H]1CCC2CC[C@H](CCCC)N21. The van der Waals surface area contributed by atoms with Gasteiger partial charge in [0.05, 0.1) is 0 Å². The monoisotopic (exact) mass is 223 g/mol. The van der Waals surface area contributed by atoms with Crippen LogP contribution in [-0.2, 0) is 0 Å². The quantitative estimate of drug-likeness (QED) is 0.646. The lowest BCUT2D eigenvalue weighted by molar-refractivity contribution is 0.162. The van der Waals surface area contributed by atoms with Crippen molar-refractivity contribution in [2.75, 3.05) is 0 Å². The smallest absolute Gasteiger partial charge is 0.0102 e. The lowest BCUT2D eigenvalue weighted by Gasteiger charge is -2.31. The number of nitrogens with zero attached hydrogens (tertiary/aromatic N) is 1. The second kappa shape index (κ2) is 6.05. The van der Waals surface area contributed by atoms with Crippen LogP contribution >= 0.6 is 0 Å². The van der Waals surface area contributed by atoms with Gasteiger partial charge in [-0.3, -0.25) is 4.90 Å². The van der Waals surface area contributed by atoms with Gasteiger partial charge in [0.2, 0.25) is 0 Å². The first-order valence-electron chi connectivity index (χ1n) is 7.64. The van der Waals surface area contributed by atoms with Crippen LogP contribution in [0, 0.1) is 0 Å². The summed E-state index contributed by atoms with van der Waals surface area (Å²) in [6.07, 6.45) is 14.5. The summed E-state index contributed by atoms with van der Waals surface area (Å²) in [6, 6.07) is 2.88. The molecule has 0 aromatic heterocycles. The second-order valence-electron chi connectivity index (χ2n) is 5.85. The lowest BCUT2D eigenvalue weighted by Crippen LogP contribution is -2.38. The van der Waals surface area contributed by atoms with Gasteiger partial charge in [-0.25, -0.2) is 0 Å². The second-order valence-corrected chi connectivity index (χ2v) is 5.85. The summed E-state index contributed by atoms with van der Waals surface area (Å²) < 4.78 is 0. The molecule has 0 radical (unpaired) electrons. The van der Waals surface area contributed by atoms with E-state index in [2.05, 4.69) is 18.7 Å². The Morgan fingerprint density at radius 2 is 1.31 bits per heavy atom. The molecule has 16 heavy (non-hydrogen) atoms. The number of unbranched alkanes of at least 4 members (excludes halogenated alkanes) is 2. The zero-order valence-corrected chi connectivity index (χ0v) is 11.3. The van der Waals surface area contributed by atoms with E-state index in [4.69, 9.17) is 0 Å². The van der Waals surface area contributed by atoms with E-state index in [0.717, 1.165) is 18.1 Å². The van der Waals surface area contributed by atoms with E-state index in [-0.39, 0.29) is 0 Å². The first-order valence-corrected chi connectivity index (χ1v) is 7.64. The summed E-state index contributed by atoms with van der Waals surface area (Å²) in [4.78, 5) is 2.94. The molecule has 2 aliphatic rings. The molecule has 0 bridgehead atoms. The highest BCUT2D eigenvalue weighted by Gasteiger charge is 2.41. The summed E-state index contributed by atoms with van der Waals surface area (Å²) >= 11 is 0. The van der Waals surface area contributed by atoms with Gasteiger partial charge in [0, 0.05) is 18.1 Å². The molecule has 2 rings (SSSR count). The maximum absolute atomic E-state index is 2.94. The first-order chi connectivity index (χ1) is 7.86. The van der Waals surface area contributed by atoms with Crippen molar-refractivity contribution in [2.24, 2.45) is 0 Å². The molecular weight excluding hydrogens is 194 g/mol. The Hall–Kier alpha value is -0.0400. The van der Waals surface area contributed by atoms with Gasteiger partial charge in [-0.05, 0) is 38.5 Å². The van der Waals surface area contributed by atoms with Crippen molar-refractivity contribution in [2.45, 2.75) is 96.2 Å². The molecule has 94 valence electrons. The molecule has 1 heteroatoms. The van der Waals surface area contributed by atoms with Gasteiger partial charge < -0.3 is 0 Å². The minimum Gasteiger partial charge on any atom is -0.294 e. The molecule has 2 saturated heterocycles. The van der Waals surface area contributed by atoms with Crippen molar-refractivity contribution in [3.63, 3.8) is 0 Å². The number of fused-ring (bicyclic) bond motifs is 1. The molecule has 0 aliphatic carbocycles. The van der Waals surface area contributed by atoms with Crippen molar-refractivity contribution in [1.29, 1.82) is 0 Å². The molecule has 2 aliphatic heterocycles. The fraction of sp³-hybridized carbons (Fsp3) is 1.00. The predicted molar refractivity (Wildman–Crippen MR) is 70.7 cm³/mol. The Morgan fingerprint density at radius 1 is 0.812 bits per heavy atom. The highest BCUT2D eigenvalue weighted by Crippen LogP contribution is 2.40. The molecular formula is C15H29N. The molecule has 2 atom stereocenters. The average molecular weight is 223 g/mol. The molecule has 1 nitrogen and oxygen atoms in total. The van der Waals surface area contributed by atoms with Crippen molar-refractivity contribution in [3.8, 4) is 0 Å². The van der Waals surface area contributed by atoms with E-state index in [1.807, 2.05) is 0 Å². The highest BCUT2D eigenvalue weighted by atomic mass is 15.3. The maximum atomic E-state index is 2.94. The first kappa shape index (κ1) is 12.4. The number of rotatable bonds is 6. The third-order valence-electron chi connectivity index (χ3n) is 4.71. The maximum Gasteiger partial charge on any atom is 0.0102 e. The van der Waals surface area contributed by atoms with Crippen LogP contribution in [0.25, 0.3) is 0 Å². The minimum atomic E-state index is 0.953. The highest BCUT2D eigenvalue weighted by molar-refractivity contribution is 4.97. The summed E-state index contributed by atoms with van der Waals surface area (Å²) in [6.45, 7) is 4.65. The third kappa shape index (κ3) is 2.61. The minimum absolute atomic E-state index is 0.953. The van der Waals surface area contributed by atoms with Crippen molar-refractivity contribution in [1.82, 2.24) is 4.90 Å². The van der Waals surface area contributed by atoms with Gasteiger partial charge >= 0.3 is 0 Å². The normalized spacial score (nSPS) is 31.1. The summed E-state index contributed by atoms with van der Waals surface area (Å²) in [5, 5.41) is 0. The van der Waals surface area contributed by atoms with Crippen LogP contribution in [0.2, 0.25) is 0 Å². The van der Waals surface area contributed by atoms with Crippen molar-refractivity contribution in [3.05, 3.63) is 0 Å². The van der Waals surface area contributed by atoms with Crippen LogP contribution in [0.5, 0.6) is 0 Å². The molecule has 0 spiro atoms. The van der Waals surface area contributed by atoms with Crippen LogP contribution in [0.4, 0.5) is 0 Å².